The number of benzene rings is 3. The smallest absolute Gasteiger partial charge is 0.266 e. The van der Waals surface area contributed by atoms with E-state index in [9.17, 15) is 20.0 Å². The minimum Gasteiger partial charge on any atom is -0.508 e. The SMILES string of the molecule is Cc1ccc(NC(=O)COc2c(Br)cc(Br)cc2/C=C(\C#N)C(=O)Nc2ccc(O)cc2)cc1Cl. The summed E-state index contributed by atoms with van der Waals surface area (Å²) in [7, 11) is 0. The number of rotatable bonds is 7. The van der Waals surface area contributed by atoms with Gasteiger partial charge in [-0.05, 0) is 83.0 Å². The predicted octanol–water partition coefficient (Wildman–Crippen LogP) is 6.44. The number of nitriles is 1. The fourth-order valence-corrected chi connectivity index (χ4v) is 4.45. The van der Waals surface area contributed by atoms with Crippen molar-refractivity contribution in [2.24, 2.45) is 0 Å². The molecule has 0 radical (unpaired) electrons. The van der Waals surface area contributed by atoms with Gasteiger partial charge in [-0.2, -0.15) is 5.26 Å². The molecule has 3 aromatic rings. The molecule has 0 aliphatic rings. The third-order valence-electron chi connectivity index (χ3n) is 4.63. The Hall–Kier alpha value is -3.32. The molecule has 0 aliphatic carbocycles. The minimum atomic E-state index is -0.644. The van der Waals surface area contributed by atoms with E-state index in [0.717, 1.165) is 5.56 Å². The van der Waals surface area contributed by atoms with Crippen LogP contribution in [-0.4, -0.2) is 23.5 Å². The maximum absolute atomic E-state index is 12.6. The second-order valence-electron chi connectivity index (χ2n) is 7.28. The van der Waals surface area contributed by atoms with Crippen LogP contribution in [0.25, 0.3) is 6.08 Å². The van der Waals surface area contributed by atoms with Crippen molar-refractivity contribution in [2.75, 3.05) is 17.2 Å². The minimum absolute atomic E-state index is 0.0503. The molecule has 3 rings (SSSR count). The Morgan fingerprint density at radius 3 is 2.43 bits per heavy atom. The van der Waals surface area contributed by atoms with Crippen molar-refractivity contribution in [3.63, 3.8) is 0 Å². The number of aryl methyl sites for hydroxylation is 1. The van der Waals surface area contributed by atoms with Gasteiger partial charge in [-0.3, -0.25) is 9.59 Å². The van der Waals surface area contributed by atoms with E-state index in [4.69, 9.17) is 16.3 Å². The van der Waals surface area contributed by atoms with Gasteiger partial charge in [0.2, 0.25) is 0 Å². The summed E-state index contributed by atoms with van der Waals surface area (Å²) in [6.45, 7) is 1.53. The number of nitrogens with zero attached hydrogens (tertiary/aromatic N) is 1. The molecule has 0 heterocycles. The number of nitrogens with one attached hydrogen (secondary N) is 2. The van der Waals surface area contributed by atoms with Crippen molar-refractivity contribution in [2.45, 2.75) is 6.92 Å². The fraction of sp³-hybridized carbons (Fsp3) is 0.0800. The number of amides is 2. The molecule has 178 valence electrons. The Morgan fingerprint density at radius 1 is 1.09 bits per heavy atom. The molecule has 0 atom stereocenters. The molecule has 2 amide bonds. The first kappa shape index (κ1) is 26.3. The van der Waals surface area contributed by atoms with Crippen LogP contribution in [0.1, 0.15) is 11.1 Å². The molecular formula is C25H18Br2ClN3O4. The summed E-state index contributed by atoms with van der Waals surface area (Å²) in [5.41, 5.74) is 2.04. The number of aromatic hydroxyl groups is 1. The third kappa shape index (κ3) is 7.33. The lowest BCUT2D eigenvalue weighted by Gasteiger charge is -2.13. The van der Waals surface area contributed by atoms with Crippen LogP contribution in [0.5, 0.6) is 11.5 Å². The molecule has 0 saturated heterocycles. The largest absolute Gasteiger partial charge is 0.508 e. The van der Waals surface area contributed by atoms with Gasteiger partial charge in [0.1, 0.15) is 23.1 Å². The molecule has 35 heavy (non-hydrogen) atoms. The Morgan fingerprint density at radius 2 is 1.77 bits per heavy atom. The highest BCUT2D eigenvalue weighted by atomic mass is 79.9. The molecule has 0 spiro atoms. The van der Waals surface area contributed by atoms with Gasteiger partial charge in [0.15, 0.2) is 6.61 Å². The maximum atomic E-state index is 12.6. The summed E-state index contributed by atoms with van der Waals surface area (Å²) < 4.78 is 6.92. The van der Waals surface area contributed by atoms with Gasteiger partial charge >= 0.3 is 0 Å². The highest BCUT2D eigenvalue weighted by molar-refractivity contribution is 9.11. The van der Waals surface area contributed by atoms with Crippen molar-refractivity contribution in [3.05, 3.63) is 85.3 Å². The summed E-state index contributed by atoms with van der Waals surface area (Å²) in [5, 5.41) is 24.8. The summed E-state index contributed by atoms with van der Waals surface area (Å²) in [5.74, 6) is -0.737. The van der Waals surface area contributed by atoms with E-state index in [1.54, 1.807) is 30.3 Å². The Bertz CT molecular complexity index is 1350. The van der Waals surface area contributed by atoms with Crippen LogP contribution in [0, 0.1) is 18.3 Å². The molecule has 0 unspecified atom stereocenters. The van der Waals surface area contributed by atoms with E-state index in [0.29, 0.717) is 30.9 Å². The first-order valence-corrected chi connectivity index (χ1v) is 12.0. The summed E-state index contributed by atoms with van der Waals surface area (Å²) in [6.07, 6.45) is 1.36. The molecule has 0 aromatic heterocycles. The Kier molecular flexibility index (Phi) is 8.93. The van der Waals surface area contributed by atoms with Gasteiger partial charge < -0.3 is 20.5 Å². The quantitative estimate of drug-likeness (QED) is 0.160. The van der Waals surface area contributed by atoms with E-state index in [1.165, 1.54) is 30.3 Å². The number of hydrogen-bond acceptors (Lipinski definition) is 5. The summed E-state index contributed by atoms with van der Waals surface area (Å²) in [4.78, 5) is 25.1. The van der Waals surface area contributed by atoms with E-state index in [1.807, 2.05) is 13.0 Å². The maximum Gasteiger partial charge on any atom is 0.266 e. The van der Waals surface area contributed by atoms with Crippen molar-refractivity contribution in [1.29, 1.82) is 5.26 Å². The Balaban J connectivity index is 1.79. The highest BCUT2D eigenvalue weighted by Gasteiger charge is 2.16. The molecule has 10 heteroatoms. The Labute approximate surface area is 223 Å². The number of phenols is 1. The van der Waals surface area contributed by atoms with E-state index >= 15 is 0 Å². The highest BCUT2D eigenvalue weighted by Crippen LogP contribution is 2.34. The van der Waals surface area contributed by atoms with Crippen molar-refractivity contribution in [1.82, 2.24) is 0 Å². The number of halogens is 3. The van der Waals surface area contributed by atoms with Gasteiger partial charge in [-0.15, -0.1) is 0 Å². The number of anilines is 2. The standard InChI is InChI=1S/C25H18Br2ClN3O4/c1-14-2-3-19(11-22(14)28)30-23(33)13-35-24-15(9-17(26)10-21(24)27)8-16(12-29)25(34)31-18-4-6-20(32)7-5-18/h2-11,32H,13H2,1H3,(H,30,33)(H,31,34)/b16-8+. The fourth-order valence-electron chi connectivity index (χ4n) is 2.89. The average molecular weight is 620 g/mol. The normalized spacial score (nSPS) is 10.9. The van der Waals surface area contributed by atoms with Crippen LogP contribution < -0.4 is 15.4 Å². The van der Waals surface area contributed by atoms with Gasteiger partial charge in [0.25, 0.3) is 11.8 Å². The van der Waals surface area contributed by atoms with Crippen LogP contribution in [0.15, 0.2) is 69.1 Å². The van der Waals surface area contributed by atoms with Crippen LogP contribution in [0.4, 0.5) is 11.4 Å². The zero-order valence-electron chi connectivity index (χ0n) is 18.2. The summed E-state index contributed by atoms with van der Waals surface area (Å²) in [6, 6.07) is 16.3. The second-order valence-corrected chi connectivity index (χ2v) is 9.45. The lowest BCUT2D eigenvalue weighted by molar-refractivity contribution is -0.118. The number of ether oxygens (including phenoxy) is 1. The topological polar surface area (TPSA) is 111 Å². The van der Waals surface area contributed by atoms with Crippen LogP contribution in [0.2, 0.25) is 5.02 Å². The van der Waals surface area contributed by atoms with Crippen LogP contribution >= 0.6 is 43.5 Å². The van der Waals surface area contributed by atoms with Gasteiger partial charge in [0.05, 0.1) is 4.47 Å². The number of phenolic OH excluding ortho intramolecular Hbond substituents is 1. The molecule has 7 nitrogen and oxygen atoms in total. The zero-order valence-corrected chi connectivity index (χ0v) is 22.2. The lowest BCUT2D eigenvalue weighted by Crippen LogP contribution is -2.20. The monoisotopic (exact) mass is 617 g/mol. The molecular weight excluding hydrogens is 602 g/mol. The molecule has 0 bridgehead atoms. The average Bonchev–Trinajstić information content (AvgIpc) is 2.80. The van der Waals surface area contributed by atoms with Crippen LogP contribution in [-0.2, 0) is 9.59 Å². The van der Waals surface area contributed by atoms with Crippen molar-refractivity contribution in [3.8, 4) is 17.6 Å². The zero-order chi connectivity index (χ0) is 25.5. The van der Waals surface area contributed by atoms with Gasteiger partial charge in [0, 0.05) is 26.4 Å². The van der Waals surface area contributed by atoms with E-state index in [2.05, 4.69) is 42.5 Å². The van der Waals surface area contributed by atoms with Crippen molar-refractivity contribution < 1.29 is 19.4 Å². The van der Waals surface area contributed by atoms with Crippen molar-refractivity contribution >= 4 is 72.7 Å². The van der Waals surface area contributed by atoms with Crippen LogP contribution in [0.3, 0.4) is 0 Å². The lowest BCUT2D eigenvalue weighted by atomic mass is 10.1. The first-order valence-electron chi connectivity index (χ1n) is 10.1. The first-order chi connectivity index (χ1) is 16.7. The van der Waals surface area contributed by atoms with Gasteiger partial charge in [-0.1, -0.05) is 33.6 Å². The molecule has 0 saturated carbocycles. The second kappa shape index (κ2) is 11.9. The molecule has 3 N–H and O–H groups in total. The summed E-state index contributed by atoms with van der Waals surface area (Å²) >= 11 is 12.9. The molecule has 3 aromatic carbocycles. The van der Waals surface area contributed by atoms with E-state index < -0.39 is 11.8 Å². The van der Waals surface area contributed by atoms with E-state index in [-0.39, 0.29) is 23.7 Å². The number of hydrogen-bond donors (Lipinski definition) is 3. The number of carbonyl (C=O) groups excluding carboxylic acids is 2. The number of carbonyl (C=O) groups is 2. The third-order valence-corrected chi connectivity index (χ3v) is 6.08. The van der Waals surface area contributed by atoms with Gasteiger partial charge in [-0.25, -0.2) is 0 Å². The molecule has 0 aliphatic heterocycles. The molecule has 0 fully saturated rings. The predicted molar refractivity (Wildman–Crippen MR) is 142 cm³/mol.